The van der Waals surface area contributed by atoms with Crippen LogP contribution < -0.4 is 4.90 Å². The molecule has 1 unspecified atom stereocenters. The van der Waals surface area contributed by atoms with Crippen molar-refractivity contribution in [1.82, 2.24) is 4.90 Å². The van der Waals surface area contributed by atoms with E-state index in [4.69, 9.17) is 40.1 Å². The van der Waals surface area contributed by atoms with E-state index in [9.17, 15) is 0 Å². The third-order valence-electron chi connectivity index (χ3n) is 5.43. The maximum Gasteiger partial charge on any atom is 0.0991 e. The Morgan fingerprint density at radius 3 is 2.15 bits per heavy atom. The van der Waals surface area contributed by atoms with Crippen LogP contribution in [-0.2, 0) is 11.3 Å². The van der Waals surface area contributed by atoms with E-state index in [-0.39, 0.29) is 6.04 Å². The predicted molar refractivity (Wildman–Crippen MR) is 137 cm³/mol. The number of halogens is 3. The van der Waals surface area contributed by atoms with Crippen LogP contribution in [0, 0.1) is 11.3 Å². The zero-order valence-corrected chi connectivity index (χ0v) is 20.9. The topological polar surface area (TPSA) is 39.5 Å². The van der Waals surface area contributed by atoms with Gasteiger partial charge >= 0.3 is 0 Å². The fraction of sp³-hybridized carbons (Fsp3) is 0.269. The van der Waals surface area contributed by atoms with Gasteiger partial charge in [-0.2, -0.15) is 5.26 Å². The monoisotopic (exact) mass is 501 g/mol. The zero-order chi connectivity index (χ0) is 23.8. The van der Waals surface area contributed by atoms with Gasteiger partial charge in [0.2, 0.25) is 0 Å². The van der Waals surface area contributed by atoms with E-state index in [1.807, 2.05) is 48.5 Å². The van der Waals surface area contributed by atoms with E-state index in [1.54, 1.807) is 20.3 Å². The molecular formula is C26H26Cl3N3O. The van der Waals surface area contributed by atoms with Crippen LogP contribution in [0.4, 0.5) is 5.69 Å². The van der Waals surface area contributed by atoms with Crippen LogP contribution in [-0.4, -0.2) is 38.8 Å². The Morgan fingerprint density at radius 1 is 0.909 bits per heavy atom. The highest BCUT2D eigenvalue weighted by molar-refractivity contribution is 6.36. The minimum Gasteiger partial charge on any atom is -0.388 e. The second kappa shape index (κ2) is 12.3. The number of nitrogens with zero attached hydrogens (tertiary/aromatic N) is 3. The van der Waals surface area contributed by atoms with Crippen LogP contribution >= 0.6 is 34.8 Å². The van der Waals surface area contributed by atoms with Gasteiger partial charge in [-0.25, -0.2) is 0 Å². The van der Waals surface area contributed by atoms with Crippen LogP contribution in [0.15, 0.2) is 66.7 Å². The summed E-state index contributed by atoms with van der Waals surface area (Å²) in [6.07, 6.45) is 0. The van der Waals surface area contributed by atoms with Crippen LogP contribution in [0.25, 0.3) is 0 Å². The van der Waals surface area contributed by atoms with Gasteiger partial charge in [-0.05, 0) is 53.6 Å². The molecule has 1 heterocycles. The summed E-state index contributed by atoms with van der Waals surface area (Å²) in [6.45, 7) is 3.42. The fourth-order valence-electron chi connectivity index (χ4n) is 3.90. The molecule has 1 aliphatic rings. The summed E-state index contributed by atoms with van der Waals surface area (Å²) in [5, 5.41) is 11.0. The average Bonchev–Trinajstić information content (AvgIpc) is 2.81. The first kappa shape index (κ1) is 25.4. The Morgan fingerprint density at radius 2 is 1.55 bits per heavy atom. The molecule has 0 saturated carbocycles. The van der Waals surface area contributed by atoms with Crippen molar-refractivity contribution in [2.24, 2.45) is 0 Å². The lowest BCUT2D eigenvalue weighted by Gasteiger charge is -2.43. The third kappa shape index (κ3) is 6.86. The highest BCUT2D eigenvalue weighted by atomic mass is 35.5. The van der Waals surface area contributed by atoms with Crippen molar-refractivity contribution in [2.75, 3.05) is 38.8 Å². The Kier molecular flexibility index (Phi) is 9.43. The Bertz CT molecular complexity index is 1080. The first-order valence-corrected chi connectivity index (χ1v) is 11.7. The SMILES string of the molecule is COC.N#Cc1ccc(CN2CCN(c3ccc(Cl)cc3Cl)C(c3ccc(Cl)cc3)C2)cc1. The van der Waals surface area contributed by atoms with Crippen LogP contribution in [0.2, 0.25) is 15.1 Å². The molecule has 33 heavy (non-hydrogen) atoms. The molecule has 1 atom stereocenters. The standard InChI is InChI=1S/C24H20Cl3N3.C2H6O/c25-20-7-5-19(6-8-20)24-16-29(15-18-3-1-17(14-28)2-4-18)11-12-30(24)23-10-9-21(26)13-22(23)27;1-3-2/h1-10,13,24H,11-12,15-16H2;1-2H3. The highest BCUT2D eigenvalue weighted by Crippen LogP contribution is 2.37. The van der Waals surface area contributed by atoms with E-state index < -0.39 is 0 Å². The van der Waals surface area contributed by atoms with Crippen LogP contribution in [0.5, 0.6) is 0 Å². The number of hydrogen-bond donors (Lipinski definition) is 0. The first-order chi connectivity index (χ1) is 15.9. The number of methoxy groups -OCH3 is 1. The highest BCUT2D eigenvalue weighted by Gasteiger charge is 2.29. The molecule has 0 N–H and O–H groups in total. The molecule has 0 spiro atoms. The van der Waals surface area contributed by atoms with E-state index in [1.165, 1.54) is 11.1 Å². The maximum atomic E-state index is 9.01. The number of rotatable bonds is 4. The van der Waals surface area contributed by atoms with Gasteiger partial charge in [0.25, 0.3) is 0 Å². The quantitative estimate of drug-likeness (QED) is 0.391. The summed E-state index contributed by atoms with van der Waals surface area (Å²) in [4.78, 5) is 4.78. The molecule has 0 bridgehead atoms. The predicted octanol–water partition coefficient (Wildman–Crippen LogP) is 6.84. The fourth-order valence-corrected chi connectivity index (χ4v) is 4.54. The van der Waals surface area contributed by atoms with Gasteiger partial charge in [0.05, 0.1) is 28.4 Å². The third-order valence-corrected chi connectivity index (χ3v) is 6.22. The van der Waals surface area contributed by atoms with Gasteiger partial charge in [-0.1, -0.05) is 59.1 Å². The zero-order valence-electron chi connectivity index (χ0n) is 18.6. The van der Waals surface area contributed by atoms with E-state index in [0.717, 1.165) is 36.9 Å². The molecule has 1 saturated heterocycles. The van der Waals surface area contributed by atoms with Crippen molar-refractivity contribution in [3.05, 3.63) is 98.5 Å². The largest absolute Gasteiger partial charge is 0.388 e. The molecule has 1 fully saturated rings. The summed E-state index contributed by atoms with van der Waals surface area (Å²) >= 11 is 18.8. The van der Waals surface area contributed by atoms with Gasteiger partial charge in [-0.3, -0.25) is 4.90 Å². The maximum absolute atomic E-state index is 9.01. The second-order valence-corrected chi connectivity index (χ2v) is 9.09. The van der Waals surface area contributed by atoms with Crippen molar-refractivity contribution in [3.8, 4) is 6.07 Å². The summed E-state index contributed by atoms with van der Waals surface area (Å²) in [5.74, 6) is 0. The van der Waals surface area contributed by atoms with Crippen LogP contribution in [0.1, 0.15) is 22.7 Å². The number of ether oxygens (including phenoxy) is 1. The normalized spacial score (nSPS) is 16.0. The molecule has 0 radical (unpaired) electrons. The number of hydrogen-bond acceptors (Lipinski definition) is 4. The van der Waals surface area contributed by atoms with E-state index in [2.05, 4.69) is 32.7 Å². The van der Waals surface area contributed by atoms with Gasteiger partial charge < -0.3 is 9.64 Å². The molecule has 4 rings (SSSR count). The minimum absolute atomic E-state index is 0.132. The molecule has 172 valence electrons. The number of nitriles is 1. The second-order valence-electron chi connectivity index (χ2n) is 7.81. The summed E-state index contributed by atoms with van der Waals surface area (Å²) < 4.78 is 4.25. The molecule has 0 aliphatic carbocycles. The first-order valence-electron chi connectivity index (χ1n) is 10.5. The van der Waals surface area contributed by atoms with Crippen molar-refractivity contribution in [1.29, 1.82) is 5.26 Å². The van der Waals surface area contributed by atoms with Crippen molar-refractivity contribution in [2.45, 2.75) is 12.6 Å². The average molecular weight is 503 g/mol. The molecule has 7 heteroatoms. The Balaban J connectivity index is 0.000000968. The lowest BCUT2D eigenvalue weighted by Crippen LogP contribution is -2.48. The van der Waals surface area contributed by atoms with Gasteiger partial charge in [0, 0.05) is 50.4 Å². The number of anilines is 1. The lowest BCUT2D eigenvalue weighted by molar-refractivity contribution is 0.215. The molecule has 0 aromatic heterocycles. The number of piperazine rings is 1. The summed E-state index contributed by atoms with van der Waals surface area (Å²) in [6, 6.07) is 23.8. The van der Waals surface area contributed by atoms with Crippen LogP contribution in [0.3, 0.4) is 0 Å². The van der Waals surface area contributed by atoms with Crippen molar-refractivity contribution >= 4 is 40.5 Å². The molecule has 1 aliphatic heterocycles. The molecule has 3 aromatic rings. The van der Waals surface area contributed by atoms with Gasteiger partial charge in [-0.15, -0.1) is 0 Å². The van der Waals surface area contributed by atoms with Crippen molar-refractivity contribution < 1.29 is 4.74 Å². The summed E-state index contributed by atoms with van der Waals surface area (Å²) in [7, 11) is 3.25. The molecular weight excluding hydrogens is 477 g/mol. The van der Waals surface area contributed by atoms with E-state index >= 15 is 0 Å². The van der Waals surface area contributed by atoms with E-state index in [0.29, 0.717) is 15.6 Å². The van der Waals surface area contributed by atoms with Gasteiger partial charge in [0.1, 0.15) is 0 Å². The van der Waals surface area contributed by atoms with Crippen molar-refractivity contribution in [3.63, 3.8) is 0 Å². The molecule has 0 amide bonds. The smallest absolute Gasteiger partial charge is 0.0991 e. The molecule has 4 nitrogen and oxygen atoms in total. The Labute approximate surface area is 210 Å². The lowest BCUT2D eigenvalue weighted by atomic mass is 10.0. The Hall–Kier alpha value is -2.26. The molecule has 3 aromatic carbocycles. The van der Waals surface area contributed by atoms with Gasteiger partial charge in [0.15, 0.2) is 0 Å². The number of benzene rings is 3. The minimum atomic E-state index is 0.132. The summed E-state index contributed by atoms with van der Waals surface area (Å²) in [5.41, 5.74) is 4.05.